The summed E-state index contributed by atoms with van der Waals surface area (Å²) in [7, 11) is 0. The molecule has 0 atom stereocenters. The number of nitrogens with one attached hydrogen (secondary N) is 2. The van der Waals surface area contributed by atoms with Crippen LogP contribution in [0.15, 0.2) is 66.9 Å². The van der Waals surface area contributed by atoms with E-state index in [0.717, 1.165) is 106 Å². The van der Waals surface area contributed by atoms with Crippen LogP contribution in [0, 0.1) is 6.92 Å². The molecule has 3 aromatic heterocycles. The zero-order valence-electron chi connectivity index (χ0n) is 32.9. The largest absolute Gasteiger partial charge is 0.396 e. The van der Waals surface area contributed by atoms with Crippen molar-refractivity contribution in [1.82, 2.24) is 19.9 Å². The van der Waals surface area contributed by atoms with Crippen LogP contribution < -0.4 is 0 Å². The van der Waals surface area contributed by atoms with Crippen LogP contribution in [0.2, 0.25) is 0 Å². The Bertz CT molecular complexity index is 2320. The third-order valence-electron chi connectivity index (χ3n) is 11.2. The maximum absolute atomic E-state index is 10.6. The van der Waals surface area contributed by atoms with E-state index in [1.165, 1.54) is 39.0 Å². The first kappa shape index (κ1) is 38.9. The minimum absolute atomic E-state index is 0.0743. The molecular formula is C47H56N4O3. The summed E-state index contributed by atoms with van der Waals surface area (Å²) in [5, 5.41) is 30.2. The van der Waals surface area contributed by atoms with Crippen LogP contribution in [0.1, 0.15) is 117 Å². The van der Waals surface area contributed by atoms with Crippen molar-refractivity contribution in [1.29, 1.82) is 0 Å². The highest BCUT2D eigenvalue weighted by Crippen LogP contribution is 2.43. The summed E-state index contributed by atoms with van der Waals surface area (Å²) < 4.78 is 0. The van der Waals surface area contributed by atoms with Gasteiger partial charge in [0, 0.05) is 41.5 Å². The number of aromatic nitrogens is 4. The Morgan fingerprint density at radius 1 is 0.630 bits per heavy atom. The lowest BCUT2D eigenvalue weighted by Crippen LogP contribution is -1.96. The van der Waals surface area contributed by atoms with E-state index in [4.69, 9.17) is 9.97 Å². The molecule has 0 fully saturated rings. The van der Waals surface area contributed by atoms with Gasteiger partial charge in [0.2, 0.25) is 0 Å². The highest BCUT2D eigenvalue weighted by atomic mass is 16.3. The van der Waals surface area contributed by atoms with E-state index in [2.05, 4.69) is 87.9 Å². The van der Waals surface area contributed by atoms with Gasteiger partial charge in [-0.05, 0) is 157 Å². The fourth-order valence-corrected chi connectivity index (χ4v) is 8.40. The lowest BCUT2D eigenvalue weighted by molar-refractivity contribution is 0.282. The molecule has 0 spiro atoms. The normalized spacial score (nSPS) is 12.8. The molecule has 8 bridgehead atoms. The number of benzene rings is 1. The molecule has 0 saturated carbocycles. The SMILES string of the molecule is CCC1=C(CC)c2nc1ccnc1cc(cc3[nH]c(cccc4[nH]c(c(CC)c4CC)c2-c2ccccc2CO)c(C)c3CCCO)C(CCCO)=C1C. The predicted octanol–water partition coefficient (Wildman–Crippen LogP) is 10.4. The van der Waals surface area contributed by atoms with Gasteiger partial charge < -0.3 is 25.3 Å². The van der Waals surface area contributed by atoms with Gasteiger partial charge >= 0.3 is 0 Å². The van der Waals surface area contributed by atoms with Gasteiger partial charge in [-0.2, -0.15) is 0 Å². The van der Waals surface area contributed by atoms with Gasteiger partial charge in [0.05, 0.1) is 29.2 Å². The number of aliphatic hydroxyl groups excluding tert-OH is 3. The third-order valence-corrected chi connectivity index (χ3v) is 11.2. The average molecular weight is 725 g/mol. The standard InChI is InChI=1S/C47H56N4O3/c1-7-33-35(9-3)46-45(39-17-12-11-16-31(39)28-54)47-36(10-4)34(8-2)42(51-47)22-23-48-43-26-32(37(29(43)5)18-14-24-52)27-44-38(19-15-25-53)30(6)40(49-44)20-13-21-41(33)50-46/h11-13,16-17,20-23,26-27,49-50,52-54H,7-10,14-15,18-19,24-25,28H2,1-6H3. The van der Waals surface area contributed by atoms with Crippen LogP contribution in [0.4, 0.5) is 0 Å². The molecule has 1 aliphatic heterocycles. The Morgan fingerprint density at radius 3 is 2.06 bits per heavy atom. The molecule has 6 rings (SSSR count). The van der Waals surface area contributed by atoms with E-state index >= 15 is 0 Å². The molecule has 4 aromatic rings. The Morgan fingerprint density at radius 2 is 1.35 bits per heavy atom. The van der Waals surface area contributed by atoms with E-state index < -0.39 is 0 Å². The van der Waals surface area contributed by atoms with Crippen molar-refractivity contribution in [3.05, 3.63) is 117 Å². The molecule has 5 N–H and O–H groups in total. The zero-order valence-corrected chi connectivity index (χ0v) is 32.9. The van der Waals surface area contributed by atoms with Crippen LogP contribution in [0.25, 0.3) is 55.5 Å². The second kappa shape index (κ2) is 17.5. The quantitative estimate of drug-likeness (QED) is 0.0997. The summed E-state index contributed by atoms with van der Waals surface area (Å²) in [6.07, 6.45) is 8.10. The number of aryl methyl sites for hydroxylation is 4. The van der Waals surface area contributed by atoms with Crippen LogP contribution >= 0.6 is 0 Å². The first-order valence-corrected chi connectivity index (χ1v) is 19.8. The highest BCUT2D eigenvalue weighted by Gasteiger charge is 2.25. The van der Waals surface area contributed by atoms with E-state index in [-0.39, 0.29) is 19.8 Å². The van der Waals surface area contributed by atoms with Crippen molar-refractivity contribution in [3.63, 3.8) is 0 Å². The topological polar surface area (TPSA) is 118 Å². The van der Waals surface area contributed by atoms with Gasteiger partial charge in [-0.15, -0.1) is 0 Å². The number of hydrogen-bond donors (Lipinski definition) is 5. The van der Waals surface area contributed by atoms with Crippen molar-refractivity contribution in [2.24, 2.45) is 0 Å². The molecule has 282 valence electrons. The molecule has 1 aliphatic carbocycles. The van der Waals surface area contributed by atoms with E-state index in [9.17, 15) is 15.3 Å². The zero-order chi connectivity index (χ0) is 38.4. The third kappa shape index (κ3) is 7.45. The van der Waals surface area contributed by atoms with Gasteiger partial charge in [0.1, 0.15) is 0 Å². The molecule has 2 aliphatic rings. The molecule has 0 unspecified atom stereocenters. The number of fused-ring (bicyclic) bond motifs is 8. The second-order valence-electron chi connectivity index (χ2n) is 14.2. The van der Waals surface area contributed by atoms with E-state index in [1.54, 1.807) is 0 Å². The number of H-pyrrole nitrogens is 2. The Balaban J connectivity index is 1.80. The van der Waals surface area contributed by atoms with Crippen molar-refractivity contribution >= 4 is 44.4 Å². The maximum Gasteiger partial charge on any atom is 0.0771 e. The Kier molecular flexibility index (Phi) is 12.6. The number of aromatic amines is 2. The summed E-state index contributed by atoms with van der Waals surface area (Å²) in [4.78, 5) is 18.1. The van der Waals surface area contributed by atoms with Gasteiger partial charge in [-0.25, -0.2) is 4.98 Å². The number of nitrogens with zero attached hydrogens (tertiary/aromatic N) is 2. The molecular weight excluding hydrogens is 669 g/mol. The molecule has 1 aromatic carbocycles. The highest BCUT2D eigenvalue weighted by molar-refractivity contribution is 6.01. The molecule has 0 amide bonds. The summed E-state index contributed by atoms with van der Waals surface area (Å²) in [5.74, 6) is 0. The fraction of sp³-hybridized carbons (Fsp3) is 0.362. The second-order valence-corrected chi connectivity index (χ2v) is 14.2. The van der Waals surface area contributed by atoms with Crippen molar-refractivity contribution < 1.29 is 15.3 Å². The monoisotopic (exact) mass is 724 g/mol. The summed E-state index contributed by atoms with van der Waals surface area (Å²) >= 11 is 0. The van der Waals surface area contributed by atoms with Crippen LogP contribution in [-0.2, 0) is 25.9 Å². The summed E-state index contributed by atoms with van der Waals surface area (Å²) in [6.45, 7) is 13.3. The fourth-order valence-electron chi connectivity index (χ4n) is 8.40. The molecule has 0 radical (unpaired) electrons. The van der Waals surface area contributed by atoms with E-state index in [0.29, 0.717) is 12.8 Å². The minimum Gasteiger partial charge on any atom is -0.396 e. The number of hydrogen-bond acceptors (Lipinski definition) is 5. The number of allylic oxidation sites excluding steroid dienone is 4. The smallest absolute Gasteiger partial charge is 0.0771 e. The van der Waals surface area contributed by atoms with Crippen LogP contribution in [0.5, 0.6) is 0 Å². The van der Waals surface area contributed by atoms with Crippen molar-refractivity contribution in [3.8, 4) is 11.1 Å². The van der Waals surface area contributed by atoms with E-state index in [1.807, 2.05) is 30.5 Å². The minimum atomic E-state index is -0.0743. The lowest BCUT2D eigenvalue weighted by atomic mass is 9.91. The maximum atomic E-state index is 10.6. The van der Waals surface area contributed by atoms with Gasteiger partial charge in [0.25, 0.3) is 0 Å². The Hall–Kier alpha value is -4.82. The summed E-state index contributed by atoms with van der Waals surface area (Å²) in [6, 6.07) is 21.0. The van der Waals surface area contributed by atoms with Gasteiger partial charge in [0.15, 0.2) is 0 Å². The summed E-state index contributed by atoms with van der Waals surface area (Å²) in [5.41, 5.74) is 20.5. The van der Waals surface area contributed by atoms with Gasteiger partial charge in [-0.1, -0.05) is 58.0 Å². The first-order valence-electron chi connectivity index (χ1n) is 19.8. The number of rotatable bonds is 12. The van der Waals surface area contributed by atoms with Crippen molar-refractivity contribution in [2.45, 2.75) is 99.5 Å². The van der Waals surface area contributed by atoms with Crippen molar-refractivity contribution in [2.75, 3.05) is 13.2 Å². The van der Waals surface area contributed by atoms with Crippen LogP contribution in [-0.4, -0.2) is 48.5 Å². The average Bonchev–Trinajstić information content (AvgIpc) is 3.89. The van der Waals surface area contributed by atoms with Gasteiger partial charge in [-0.3, -0.25) is 4.98 Å². The molecule has 0 saturated heterocycles. The molecule has 54 heavy (non-hydrogen) atoms. The Labute approximate surface area is 319 Å². The molecule has 4 heterocycles. The molecule has 7 nitrogen and oxygen atoms in total. The molecule has 7 heteroatoms. The number of aliphatic hydroxyl groups is 3. The van der Waals surface area contributed by atoms with Crippen LogP contribution in [0.3, 0.4) is 0 Å². The first-order chi connectivity index (χ1) is 26.3. The predicted molar refractivity (Wildman–Crippen MR) is 225 cm³/mol. The lowest BCUT2D eigenvalue weighted by Gasteiger charge is -2.13.